The van der Waals surface area contributed by atoms with Crippen LogP contribution in [0, 0.1) is 69.2 Å². The Kier molecular flexibility index (Phi) is 9.85. The SMILES string of the molecule is COc1c(C)cc2c(c1O)C1C3Cc4c(O)c(C)c5c(c4[C@H](CNC(=O)/C=C/c4cccc(C(F)(F)F)c4)N3[C@@H](C#N)[C@H](C2)N1C)OCO5.[Ac]. The molecule has 7 rings (SSSR count). The Morgan fingerprint density at radius 1 is 1.12 bits per heavy atom. The Morgan fingerprint density at radius 2 is 1.86 bits per heavy atom. The third-order valence-electron chi connectivity index (χ3n) is 10.4. The predicted octanol–water partition coefficient (Wildman–Crippen LogP) is 5.07. The third kappa shape index (κ3) is 5.80. The Hall–Kier alpha value is -3.49. The summed E-state index contributed by atoms with van der Waals surface area (Å²) in [6, 6.07) is 6.70. The maximum atomic E-state index is 13.2. The number of alkyl halides is 3. The van der Waals surface area contributed by atoms with Crippen LogP contribution in [0.25, 0.3) is 6.08 Å². The van der Waals surface area contributed by atoms with Gasteiger partial charge in [-0.1, -0.05) is 18.2 Å². The predicted molar refractivity (Wildman–Crippen MR) is 171 cm³/mol. The number of fused-ring (bicyclic) bond motifs is 9. The van der Waals surface area contributed by atoms with E-state index in [1.807, 2.05) is 20.0 Å². The number of phenols is 2. The zero-order valence-electron chi connectivity index (χ0n) is 27.8. The van der Waals surface area contributed by atoms with Gasteiger partial charge in [-0.15, -0.1) is 0 Å². The van der Waals surface area contributed by atoms with Gasteiger partial charge in [-0.05, 0) is 68.6 Å². The van der Waals surface area contributed by atoms with E-state index in [1.54, 1.807) is 6.92 Å². The topological polar surface area (TPSA) is 128 Å². The molecule has 0 aromatic heterocycles. The summed E-state index contributed by atoms with van der Waals surface area (Å²) in [5, 5.41) is 36.8. The number of rotatable bonds is 5. The molecule has 1 fully saturated rings. The fraction of sp³-hybridized carbons (Fsp3) is 0.389. The summed E-state index contributed by atoms with van der Waals surface area (Å²) in [4.78, 5) is 17.4. The Labute approximate surface area is 323 Å². The number of hydrogen-bond acceptors (Lipinski definition) is 9. The van der Waals surface area contributed by atoms with Crippen molar-refractivity contribution in [1.82, 2.24) is 15.1 Å². The average Bonchev–Trinajstić information content (AvgIpc) is 3.55. The van der Waals surface area contributed by atoms with E-state index < -0.39 is 41.8 Å². The number of aryl methyl sites for hydroxylation is 1. The first-order valence-electron chi connectivity index (χ1n) is 15.9. The van der Waals surface area contributed by atoms with E-state index in [2.05, 4.69) is 21.2 Å². The molecule has 3 aromatic carbocycles. The summed E-state index contributed by atoms with van der Waals surface area (Å²) in [7, 11) is 3.44. The number of amides is 1. The Bertz CT molecular complexity index is 1950. The zero-order valence-corrected chi connectivity index (χ0v) is 32.6. The molecule has 259 valence electrons. The van der Waals surface area contributed by atoms with Crippen LogP contribution in [0.4, 0.5) is 13.2 Å². The van der Waals surface area contributed by atoms with Crippen LogP contribution in [0.3, 0.4) is 0 Å². The maximum Gasteiger partial charge on any atom is 0.416 e. The van der Waals surface area contributed by atoms with Crippen molar-refractivity contribution >= 4 is 12.0 Å². The van der Waals surface area contributed by atoms with Gasteiger partial charge in [0.25, 0.3) is 0 Å². The molecule has 5 atom stereocenters. The number of aromatic hydroxyl groups is 2. The monoisotopic (exact) mass is 903 g/mol. The second-order valence-corrected chi connectivity index (χ2v) is 13.0. The minimum Gasteiger partial charge on any atom is -0.507 e. The second-order valence-electron chi connectivity index (χ2n) is 13.0. The molecule has 50 heavy (non-hydrogen) atoms. The molecule has 0 saturated carbocycles. The largest absolute Gasteiger partial charge is 0.507 e. The number of piperazine rings is 1. The molecule has 0 aliphatic carbocycles. The number of nitriles is 1. The van der Waals surface area contributed by atoms with Crippen LogP contribution in [0.2, 0.25) is 0 Å². The molecule has 4 aliphatic rings. The van der Waals surface area contributed by atoms with E-state index in [0.29, 0.717) is 52.3 Å². The van der Waals surface area contributed by atoms with E-state index in [0.717, 1.165) is 29.3 Å². The van der Waals surface area contributed by atoms with Crippen LogP contribution in [0.15, 0.2) is 36.4 Å². The summed E-state index contributed by atoms with van der Waals surface area (Å²) in [6.45, 7) is 3.51. The first kappa shape index (κ1) is 36.3. The zero-order chi connectivity index (χ0) is 34.9. The number of benzene rings is 3. The van der Waals surface area contributed by atoms with Gasteiger partial charge in [0.15, 0.2) is 23.0 Å². The van der Waals surface area contributed by atoms with Crippen molar-refractivity contribution < 1.29 is 86.5 Å². The summed E-state index contributed by atoms with van der Waals surface area (Å²) in [5.74, 6) is 0.695. The molecule has 4 heterocycles. The molecule has 2 unspecified atom stereocenters. The van der Waals surface area contributed by atoms with Crippen LogP contribution < -0.4 is 19.5 Å². The van der Waals surface area contributed by atoms with Gasteiger partial charge < -0.3 is 29.7 Å². The number of nitrogens with one attached hydrogen (secondary N) is 1. The van der Waals surface area contributed by atoms with E-state index in [1.165, 1.54) is 25.3 Å². The van der Waals surface area contributed by atoms with Gasteiger partial charge >= 0.3 is 6.18 Å². The van der Waals surface area contributed by atoms with Crippen LogP contribution in [0.1, 0.15) is 56.6 Å². The molecule has 2 bridgehead atoms. The van der Waals surface area contributed by atoms with Gasteiger partial charge in [0.05, 0.1) is 30.8 Å². The first-order valence-corrected chi connectivity index (χ1v) is 15.9. The van der Waals surface area contributed by atoms with Gasteiger partial charge in [-0.25, -0.2) is 0 Å². The molecular formula is C36H35AcF3N4O6. The van der Waals surface area contributed by atoms with E-state index >= 15 is 0 Å². The van der Waals surface area contributed by atoms with Crippen LogP contribution in [-0.2, 0) is 23.8 Å². The Balaban J connectivity index is 0.00000432. The number of halogens is 3. The number of ether oxygens (including phenoxy) is 3. The molecule has 1 amide bonds. The number of methoxy groups -OCH3 is 1. The summed E-state index contributed by atoms with van der Waals surface area (Å²) in [5.41, 5.74) is 3.48. The van der Waals surface area contributed by atoms with Gasteiger partial charge in [0, 0.05) is 91.0 Å². The van der Waals surface area contributed by atoms with Gasteiger partial charge in [0.1, 0.15) is 11.8 Å². The normalized spacial score (nSPS) is 23.7. The number of phenolic OH excluding ortho intramolecular Hbond substituents is 2. The summed E-state index contributed by atoms with van der Waals surface area (Å²) in [6.07, 6.45) is -1.28. The van der Waals surface area contributed by atoms with Crippen molar-refractivity contribution in [3.8, 4) is 34.8 Å². The number of carbonyl (C=O) groups excluding carboxylic acids is 1. The smallest absolute Gasteiger partial charge is 0.416 e. The van der Waals surface area contributed by atoms with E-state index in [-0.39, 0.29) is 80.5 Å². The number of nitrogens with zero attached hydrogens (tertiary/aromatic N) is 3. The molecule has 4 aliphatic heterocycles. The van der Waals surface area contributed by atoms with Crippen LogP contribution >= 0.6 is 0 Å². The van der Waals surface area contributed by atoms with Gasteiger partial charge in [0.2, 0.25) is 12.7 Å². The van der Waals surface area contributed by atoms with Gasteiger partial charge in [-0.3, -0.25) is 14.6 Å². The summed E-state index contributed by atoms with van der Waals surface area (Å²) >= 11 is 0. The minimum absolute atomic E-state index is 0. The van der Waals surface area contributed by atoms with Crippen LogP contribution in [-0.4, -0.2) is 71.5 Å². The van der Waals surface area contributed by atoms with Crippen molar-refractivity contribution in [3.05, 3.63) is 80.9 Å². The molecule has 10 nitrogen and oxygen atoms in total. The molecule has 1 saturated heterocycles. The number of hydrogen-bond donors (Lipinski definition) is 3. The molecule has 3 N–H and O–H groups in total. The second kappa shape index (κ2) is 13.6. The average molecular weight is 904 g/mol. The van der Waals surface area contributed by atoms with Crippen molar-refractivity contribution in [2.75, 3.05) is 27.5 Å². The maximum absolute atomic E-state index is 13.2. The molecule has 14 heteroatoms. The number of carbonyl (C=O) groups is 1. The fourth-order valence-electron chi connectivity index (χ4n) is 8.29. The van der Waals surface area contributed by atoms with Crippen molar-refractivity contribution in [2.24, 2.45) is 0 Å². The number of likely N-dealkylation sites (N-methyl/N-ethyl adjacent to an activating group) is 1. The van der Waals surface area contributed by atoms with E-state index in [9.17, 15) is 33.4 Å². The third-order valence-corrected chi connectivity index (χ3v) is 10.4. The quantitative estimate of drug-likeness (QED) is 0.301. The van der Waals surface area contributed by atoms with Gasteiger partial charge in [-0.2, -0.15) is 18.4 Å². The van der Waals surface area contributed by atoms with E-state index in [4.69, 9.17) is 14.2 Å². The first-order chi connectivity index (χ1) is 23.3. The molecular weight excluding hydrogens is 868 g/mol. The fourth-order valence-corrected chi connectivity index (χ4v) is 8.29. The Morgan fingerprint density at radius 3 is 2.56 bits per heavy atom. The molecule has 0 spiro atoms. The summed E-state index contributed by atoms with van der Waals surface area (Å²) < 4.78 is 57.0. The molecule has 3 aromatic rings. The van der Waals surface area contributed by atoms with Crippen molar-refractivity contribution in [2.45, 2.75) is 63.1 Å². The standard InChI is InChI=1S/C36H35F3N4O6.Ac/c1-17-10-20-12-23-25(14-40)43-24(30(42(23)3)28(20)32(46)33(17)47-4)13-22-29(35-34(48-16-49-35)18(2)31(22)45)26(43)15-41-27(44)9-8-19-6-5-7-21(11-19)36(37,38)39;/h5-11,23-26,30,45-46H,12-13,15-16H2,1-4H3,(H,41,44);/b9-8+;/t23-,24?,25-,26-,30?;/m0./s1. The minimum atomic E-state index is -4.52. The van der Waals surface area contributed by atoms with Crippen molar-refractivity contribution in [3.63, 3.8) is 0 Å². The van der Waals surface area contributed by atoms with Crippen molar-refractivity contribution in [1.29, 1.82) is 5.26 Å². The molecule has 1 radical (unpaired) electrons. The van der Waals surface area contributed by atoms with Crippen LogP contribution in [0.5, 0.6) is 28.7 Å².